The molecule has 1 N–H and O–H groups in total. The van der Waals surface area contributed by atoms with Gasteiger partial charge >= 0.3 is 0 Å². The highest BCUT2D eigenvalue weighted by Gasteiger charge is 2.24. The lowest BCUT2D eigenvalue weighted by Gasteiger charge is -2.25. The van der Waals surface area contributed by atoms with Gasteiger partial charge < -0.3 is 10.1 Å². The van der Waals surface area contributed by atoms with Gasteiger partial charge in [-0.05, 0) is 35.9 Å². The lowest BCUT2D eigenvalue weighted by Crippen LogP contribution is -2.31. The number of ether oxygens (including phenoxy) is 1. The second kappa shape index (κ2) is 9.19. The summed E-state index contributed by atoms with van der Waals surface area (Å²) in [6, 6.07) is 20.6. The molecule has 0 heterocycles. The Morgan fingerprint density at radius 2 is 1.70 bits per heavy atom. The smallest absolute Gasteiger partial charge is 0.257 e. The molecule has 6 nitrogen and oxygen atoms in total. The number of nitrogens with one attached hydrogen (secondary N) is 1. The third kappa shape index (κ3) is 5.11. The lowest BCUT2D eigenvalue weighted by atomic mass is 10.1. The molecule has 8 heteroatoms. The molecule has 30 heavy (non-hydrogen) atoms. The normalized spacial score (nSPS) is 11.0. The molecule has 3 aromatic rings. The molecule has 0 atom stereocenters. The maximum Gasteiger partial charge on any atom is 0.257 e. The minimum atomic E-state index is -3.66. The fourth-order valence-electron chi connectivity index (χ4n) is 2.98. The highest BCUT2D eigenvalue weighted by molar-refractivity contribution is 7.92. The Morgan fingerprint density at radius 3 is 2.37 bits per heavy atom. The van der Waals surface area contributed by atoms with Crippen LogP contribution in [0.25, 0.3) is 0 Å². The van der Waals surface area contributed by atoms with Crippen molar-refractivity contribution in [3.8, 4) is 5.75 Å². The van der Waals surface area contributed by atoms with Crippen molar-refractivity contribution in [3.05, 3.63) is 88.9 Å². The van der Waals surface area contributed by atoms with E-state index in [1.807, 2.05) is 30.3 Å². The third-order valence-corrected chi connectivity index (χ3v) is 5.76. The van der Waals surface area contributed by atoms with Gasteiger partial charge in [0.25, 0.3) is 5.91 Å². The summed E-state index contributed by atoms with van der Waals surface area (Å²) in [6.07, 6.45) is 1.12. The van der Waals surface area contributed by atoms with E-state index in [9.17, 15) is 13.2 Å². The number of methoxy groups -OCH3 is 1. The quantitative estimate of drug-likeness (QED) is 0.579. The molecule has 0 aliphatic heterocycles. The molecular weight excluding hydrogens is 424 g/mol. The molecule has 1 amide bonds. The second-order valence-electron chi connectivity index (χ2n) is 6.57. The third-order valence-electron chi connectivity index (χ3n) is 4.40. The van der Waals surface area contributed by atoms with E-state index in [0.717, 1.165) is 11.8 Å². The molecule has 0 spiro atoms. The molecule has 0 radical (unpaired) electrons. The minimum Gasteiger partial charge on any atom is -0.495 e. The van der Waals surface area contributed by atoms with E-state index >= 15 is 0 Å². The Bertz CT molecular complexity index is 1150. The number of anilines is 2. The molecule has 0 bridgehead atoms. The van der Waals surface area contributed by atoms with Crippen molar-refractivity contribution in [2.75, 3.05) is 23.0 Å². The van der Waals surface area contributed by atoms with E-state index in [1.54, 1.807) is 42.5 Å². The van der Waals surface area contributed by atoms with E-state index in [1.165, 1.54) is 11.4 Å². The zero-order valence-electron chi connectivity index (χ0n) is 16.5. The minimum absolute atomic E-state index is 0.102. The molecule has 0 aliphatic rings. The first-order chi connectivity index (χ1) is 14.3. The van der Waals surface area contributed by atoms with E-state index in [0.29, 0.717) is 16.5 Å². The Labute approximate surface area is 181 Å². The van der Waals surface area contributed by atoms with Gasteiger partial charge in [0.1, 0.15) is 5.75 Å². The number of halogens is 1. The summed E-state index contributed by atoms with van der Waals surface area (Å²) in [6.45, 7) is 0.102. The second-order valence-corrected chi connectivity index (χ2v) is 8.91. The highest BCUT2D eigenvalue weighted by Crippen LogP contribution is 2.30. The zero-order valence-corrected chi connectivity index (χ0v) is 18.1. The average Bonchev–Trinajstić information content (AvgIpc) is 2.72. The van der Waals surface area contributed by atoms with E-state index < -0.39 is 15.9 Å². The van der Waals surface area contributed by atoms with Crippen molar-refractivity contribution in [2.24, 2.45) is 0 Å². The van der Waals surface area contributed by atoms with E-state index in [-0.39, 0.29) is 17.8 Å². The Hall–Kier alpha value is -3.03. The van der Waals surface area contributed by atoms with Gasteiger partial charge in [0.05, 0.1) is 36.8 Å². The largest absolute Gasteiger partial charge is 0.495 e. The van der Waals surface area contributed by atoms with Gasteiger partial charge in [0.15, 0.2) is 0 Å². The van der Waals surface area contributed by atoms with Crippen molar-refractivity contribution in [2.45, 2.75) is 6.54 Å². The number of hydrogen-bond donors (Lipinski definition) is 1. The van der Waals surface area contributed by atoms with Gasteiger partial charge in [-0.15, -0.1) is 0 Å². The van der Waals surface area contributed by atoms with Crippen LogP contribution < -0.4 is 14.4 Å². The van der Waals surface area contributed by atoms with Gasteiger partial charge in [0, 0.05) is 5.02 Å². The standard InChI is InChI=1S/C22H21ClN2O4S/c1-29-21-13-12-17(23)14-19(21)24-22(26)18-10-6-7-11-20(18)25(30(2,27)28)15-16-8-4-3-5-9-16/h3-14H,15H2,1-2H3,(H,24,26). The van der Waals surface area contributed by atoms with E-state index in [4.69, 9.17) is 16.3 Å². The Kier molecular flexibility index (Phi) is 6.64. The van der Waals surface area contributed by atoms with Crippen LogP contribution in [0.1, 0.15) is 15.9 Å². The molecule has 0 aliphatic carbocycles. The maximum atomic E-state index is 13.1. The molecule has 0 fully saturated rings. The number of benzene rings is 3. The van der Waals surface area contributed by atoms with Gasteiger partial charge in [-0.25, -0.2) is 8.42 Å². The first kappa shape index (κ1) is 21.7. The van der Waals surface area contributed by atoms with Crippen LogP contribution in [0.15, 0.2) is 72.8 Å². The van der Waals surface area contributed by atoms with Crippen molar-refractivity contribution >= 4 is 38.9 Å². The predicted molar refractivity (Wildman–Crippen MR) is 120 cm³/mol. The number of carbonyl (C=O) groups excluding carboxylic acids is 1. The number of hydrogen-bond acceptors (Lipinski definition) is 4. The number of carbonyl (C=O) groups is 1. The molecule has 0 unspecified atom stereocenters. The van der Waals surface area contributed by atoms with Crippen LogP contribution in [0.3, 0.4) is 0 Å². The Balaban J connectivity index is 1.99. The summed E-state index contributed by atoms with van der Waals surface area (Å²) in [4.78, 5) is 13.1. The summed E-state index contributed by atoms with van der Waals surface area (Å²) >= 11 is 6.04. The van der Waals surface area contributed by atoms with Crippen LogP contribution in [0.4, 0.5) is 11.4 Å². The van der Waals surface area contributed by atoms with Gasteiger partial charge in [0.2, 0.25) is 10.0 Å². The van der Waals surface area contributed by atoms with Crippen LogP contribution in [0, 0.1) is 0 Å². The summed E-state index contributed by atoms with van der Waals surface area (Å²) in [5, 5.41) is 3.19. The van der Waals surface area contributed by atoms with Crippen molar-refractivity contribution in [1.29, 1.82) is 0 Å². The molecule has 0 saturated carbocycles. The zero-order chi connectivity index (χ0) is 21.7. The number of nitrogens with zero attached hydrogens (tertiary/aromatic N) is 1. The topological polar surface area (TPSA) is 75.7 Å². The van der Waals surface area contributed by atoms with Crippen molar-refractivity contribution in [3.63, 3.8) is 0 Å². The van der Waals surface area contributed by atoms with Crippen LogP contribution >= 0.6 is 11.6 Å². The van der Waals surface area contributed by atoms with Crippen LogP contribution in [0.5, 0.6) is 5.75 Å². The summed E-state index contributed by atoms with van der Waals surface area (Å²) in [5.74, 6) is -0.0395. The maximum absolute atomic E-state index is 13.1. The van der Waals surface area contributed by atoms with Gasteiger partial charge in [-0.3, -0.25) is 9.10 Å². The molecule has 156 valence electrons. The summed E-state index contributed by atoms with van der Waals surface area (Å²) in [7, 11) is -2.17. The van der Waals surface area contributed by atoms with Crippen molar-refractivity contribution in [1.82, 2.24) is 0 Å². The van der Waals surface area contributed by atoms with Crippen LogP contribution in [-0.2, 0) is 16.6 Å². The number of para-hydroxylation sites is 1. The lowest BCUT2D eigenvalue weighted by molar-refractivity contribution is 0.102. The first-order valence-corrected chi connectivity index (χ1v) is 11.3. The average molecular weight is 445 g/mol. The number of amides is 1. The fourth-order valence-corrected chi connectivity index (χ4v) is 4.05. The molecule has 3 aromatic carbocycles. The molecule has 0 aromatic heterocycles. The molecule has 3 rings (SSSR count). The van der Waals surface area contributed by atoms with Gasteiger partial charge in [-0.1, -0.05) is 54.1 Å². The number of rotatable bonds is 7. The molecular formula is C22H21ClN2O4S. The Morgan fingerprint density at radius 1 is 1.03 bits per heavy atom. The van der Waals surface area contributed by atoms with E-state index in [2.05, 4.69) is 5.32 Å². The van der Waals surface area contributed by atoms with Gasteiger partial charge in [-0.2, -0.15) is 0 Å². The summed E-state index contributed by atoms with van der Waals surface area (Å²) < 4.78 is 31.6. The summed E-state index contributed by atoms with van der Waals surface area (Å²) in [5.41, 5.74) is 1.68. The monoisotopic (exact) mass is 444 g/mol. The fraction of sp³-hybridized carbons (Fsp3) is 0.136. The first-order valence-electron chi connectivity index (χ1n) is 9.05. The number of sulfonamides is 1. The van der Waals surface area contributed by atoms with Crippen LogP contribution in [-0.4, -0.2) is 27.7 Å². The highest BCUT2D eigenvalue weighted by atomic mass is 35.5. The molecule has 0 saturated heterocycles. The van der Waals surface area contributed by atoms with Crippen molar-refractivity contribution < 1.29 is 17.9 Å². The predicted octanol–water partition coefficient (Wildman–Crippen LogP) is 4.57. The SMILES string of the molecule is COc1ccc(Cl)cc1NC(=O)c1ccccc1N(Cc1ccccc1)S(C)(=O)=O. The van der Waals surface area contributed by atoms with Crippen LogP contribution in [0.2, 0.25) is 5.02 Å².